The highest BCUT2D eigenvalue weighted by molar-refractivity contribution is 5.93. The molecule has 0 unspecified atom stereocenters. The van der Waals surface area contributed by atoms with Crippen LogP contribution in [0.3, 0.4) is 0 Å². The van der Waals surface area contributed by atoms with Gasteiger partial charge in [-0.2, -0.15) is 0 Å². The summed E-state index contributed by atoms with van der Waals surface area (Å²) in [6.45, 7) is 9.12. The summed E-state index contributed by atoms with van der Waals surface area (Å²) in [5.41, 5.74) is 2.80. The van der Waals surface area contributed by atoms with E-state index in [0.717, 1.165) is 28.6 Å². The second kappa shape index (κ2) is 6.30. The highest BCUT2D eigenvalue weighted by Gasteiger charge is 2.29. The Labute approximate surface area is 143 Å². The first-order chi connectivity index (χ1) is 11.3. The summed E-state index contributed by atoms with van der Waals surface area (Å²) in [7, 11) is 0. The van der Waals surface area contributed by atoms with Crippen molar-refractivity contribution in [2.75, 3.05) is 18.4 Å². The molecule has 5 heteroatoms. The zero-order valence-electron chi connectivity index (χ0n) is 14.8. The molecule has 1 amide bonds. The lowest BCUT2D eigenvalue weighted by Gasteiger charge is -2.24. The van der Waals surface area contributed by atoms with E-state index < -0.39 is 5.60 Å². The van der Waals surface area contributed by atoms with Crippen LogP contribution in [0.5, 0.6) is 0 Å². The van der Waals surface area contributed by atoms with Crippen LogP contribution in [0.2, 0.25) is 0 Å². The number of ether oxygens (including phenoxy) is 1. The van der Waals surface area contributed by atoms with Gasteiger partial charge in [0.15, 0.2) is 0 Å². The van der Waals surface area contributed by atoms with Gasteiger partial charge in [0.05, 0.1) is 5.52 Å². The van der Waals surface area contributed by atoms with E-state index in [4.69, 9.17) is 4.74 Å². The minimum atomic E-state index is -0.457. The Balaban J connectivity index is 1.70. The number of hydrogen-bond donors (Lipinski definition) is 1. The normalized spacial score (nSPS) is 18.0. The number of rotatable bonds is 2. The van der Waals surface area contributed by atoms with E-state index in [-0.39, 0.29) is 12.1 Å². The molecule has 128 valence electrons. The summed E-state index contributed by atoms with van der Waals surface area (Å²) in [4.78, 5) is 18.4. The Kier molecular flexibility index (Phi) is 4.35. The van der Waals surface area contributed by atoms with Crippen molar-refractivity contribution >= 4 is 22.7 Å². The lowest BCUT2D eigenvalue weighted by atomic mass is 10.1. The zero-order chi connectivity index (χ0) is 17.3. The fourth-order valence-electron chi connectivity index (χ4n) is 3.03. The molecule has 0 spiro atoms. The highest BCUT2D eigenvalue weighted by atomic mass is 16.6. The van der Waals surface area contributed by atoms with Crippen molar-refractivity contribution in [1.29, 1.82) is 0 Å². The van der Waals surface area contributed by atoms with Gasteiger partial charge in [0.25, 0.3) is 0 Å². The predicted molar refractivity (Wildman–Crippen MR) is 96.3 cm³/mol. The number of aryl methyl sites for hydroxylation is 1. The minimum Gasteiger partial charge on any atom is -0.444 e. The van der Waals surface area contributed by atoms with Crippen LogP contribution in [0.4, 0.5) is 10.5 Å². The molecule has 0 bridgehead atoms. The van der Waals surface area contributed by atoms with E-state index in [1.165, 1.54) is 0 Å². The van der Waals surface area contributed by atoms with Gasteiger partial charge in [-0.05, 0) is 57.9 Å². The first kappa shape index (κ1) is 16.6. The molecule has 1 aliphatic rings. The van der Waals surface area contributed by atoms with Gasteiger partial charge in [0.2, 0.25) is 0 Å². The van der Waals surface area contributed by atoms with E-state index >= 15 is 0 Å². The molecule has 2 heterocycles. The minimum absolute atomic E-state index is 0.226. The van der Waals surface area contributed by atoms with Crippen molar-refractivity contribution in [1.82, 2.24) is 9.88 Å². The van der Waals surface area contributed by atoms with E-state index in [1.807, 2.05) is 33.0 Å². The second-order valence-corrected chi connectivity index (χ2v) is 7.39. The van der Waals surface area contributed by atoms with Crippen LogP contribution < -0.4 is 5.32 Å². The number of aromatic nitrogens is 1. The van der Waals surface area contributed by atoms with E-state index in [0.29, 0.717) is 13.1 Å². The average Bonchev–Trinajstić information content (AvgIpc) is 2.98. The number of likely N-dealkylation sites (tertiary alicyclic amines) is 1. The number of anilines is 1. The predicted octanol–water partition coefficient (Wildman–Crippen LogP) is 3.96. The number of carbonyl (C=O) groups is 1. The van der Waals surface area contributed by atoms with E-state index in [1.54, 1.807) is 4.90 Å². The maximum Gasteiger partial charge on any atom is 0.410 e. The van der Waals surface area contributed by atoms with Crippen LogP contribution >= 0.6 is 0 Å². The third-order valence-electron chi connectivity index (χ3n) is 4.17. The van der Waals surface area contributed by atoms with Gasteiger partial charge in [-0.25, -0.2) is 4.79 Å². The molecule has 2 aromatic rings. The van der Waals surface area contributed by atoms with Gasteiger partial charge in [0, 0.05) is 36.4 Å². The molecule has 0 aliphatic carbocycles. The Hall–Kier alpha value is -2.30. The summed E-state index contributed by atoms with van der Waals surface area (Å²) < 4.78 is 5.46. The van der Waals surface area contributed by atoms with Crippen LogP contribution in [0, 0.1) is 6.92 Å². The summed E-state index contributed by atoms with van der Waals surface area (Å²) >= 11 is 0. The Morgan fingerprint density at radius 3 is 2.88 bits per heavy atom. The summed E-state index contributed by atoms with van der Waals surface area (Å²) in [5, 5.41) is 4.69. The van der Waals surface area contributed by atoms with Gasteiger partial charge < -0.3 is 15.0 Å². The van der Waals surface area contributed by atoms with Crippen molar-refractivity contribution in [2.24, 2.45) is 0 Å². The molecule has 1 aromatic heterocycles. The molecule has 24 heavy (non-hydrogen) atoms. The number of nitrogens with zero attached hydrogens (tertiary/aromatic N) is 2. The number of carbonyl (C=O) groups excluding carboxylic acids is 1. The molecular weight excluding hydrogens is 302 g/mol. The molecule has 1 aromatic carbocycles. The van der Waals surface area contributed by atoms with Crippen molar-refractivity contribution in [3.63, 3.8) is 0 Å². The molecule has 3 rings (SSSR count). The summed E-state index contributed by atoms with van der Waals surface area (Å²) in [6, 6.07) is 8.43. The molecule has 0 radical (unpaired) electrons. The van der Waals surface area contributed by atoms with Gasteiger partial charge in [-0.1, -0.05) is 6.07 Å². The molecule has 1 atom stereocenters. The van der Waals surface area contributed by atoms with Crippen LogP contribution in [0.25, 0.3) is 10.9 Å². The van der Waals surface area contributed by atoms with Gasteiger partial charge in [-0.3, -0.25) is 4.98 Å². The largest absolute Gasteiger partial charge is 0.444 e. The lowest BCUT2D eigenvalue weighted by molar-refractivity contribution is 0.0293. The summed E-state index contributed by atoms with van der Waals surface area (Å²) in [6.07, 6.45) is 2.50. The lowest BCUT2D eigenvalue weighted by Crippen LogP contribution is -2.36. The van der Waals surface area contributed by atoms with Gasteiger partial charge in [-0.15, -0.1) is 0 Å². The molecule has 1 fully saturated rings. The third-order valence-corrected chi connectivity index (χ3v) is 4.17. The Morgan fingerprint density at radius 2 is 2.12 bits per heavy atom. The first-order valence-electron chi connectivity index (χ1n) is 8.42. The molecule has 5 nitrogen and oxygen atoms in total. The quantitative estimate of drug-likeness (QED) is 0.907. The van der Waals surface area contributed by atoms with Crippen molar-refractivity contribution in [3.8, 4) is 0 Å². The standard InChI is InChI=1S/C19H25N3O2/c1-13-7-8-16(15-6-5-10-20-17(13)15)21-14-9-11-22(12-14)18(23)24-19(2,3)4/h5-8,10,14,21H,9,11-12H2,1-4H3/t14-/m0/s1. The van der Waals surface area contributed by atoms with Crippen molar-refractivity contribution in [3.05, 3.63) is 36.0 Å². The third kappa shape index (κ3) is 3.61. The molecule has 1 saturated heterocycles. The van der Waals surface area contributed by atoms with Crippen LogP contribution in [-0.4, -0.2) is 40.7 Å². The van der Waals surface area contributed by atoms with E-state index in [9.17, 15) is 4.79 Å². The van der Waals surface area contributed by atoms with Crippen LogP contribution in [0.15, 0.2) is 30.5 Å². The topological polar surface area (TPSA) is 54.5 Å². The van der Waals surface area contributed by atoms with Crippen molar-refractivity contribution < 1.29 is 9.53 Å². The second-order valence-electron chi connectivity index (χ2n) is 7.39. The van der Waals surface area contributed by atoms with Crippen LogP contribution in [0.1, 0.15) is 32.8 Å². The Bertz CT molecular complexity index is 752. The number of hydrogen-bond acceptors (Lipinski definition) is 4. The average molecular weight is 327 g/mol. The van der Waals surface area contributed by atoms with Crippen LogP contribution in [-0.2, 0) is 4.74 Å². The fraction of sp³-hybridized carbons (Fsp3) is 0.474. The molecule has 0 saturated carbocycles. The first-order valence-corrected chi connectivity index (χ1v) is 8.42. The van der Waals surface area contributed by atoms with Gasteiger partial charge in [0.1, 0.15) is 5.60 Å². The Morgan fingerprint density at radius 1 is 1.33 bits per heavy atom. The maximum absolute atomic E-state index is 12.2. The number of amides is 1. The highest BCUT2D eigenvalue weighted by Crippen LogP contribution is 2.27. The zero-order valence-corrected chi connectivity index (χ0v) is 14.8. The molecule has 1 aliphatic heterocycles. The fourth-order valence-corrected chi connectivity index (χ4v) is 3.03. The molecular formula is C19H25N3O2. The summed E-state index contributed by atoms with van der Waals surface area (Å²) in [5.74, 6) is 0. The SMILES string of the molecule is Cc1ccc(N[C@H]2CCN(C(=O)OC(C)(C)C)C2)c2cccnc12. The van der Waals surface area contributed by atoms with Crippen molar-refractivity contribution in [2.45, 2.75) is 45.8 Å². The number of benzene rings is 1. The number of fused-ring (bicyclic) bond motifs is 1. The molecule has 1 N–H and O–H groups in total. The maximum atomic E-state index is 12.2. The monoisotopic (exact) mass is 327 g/mol. The smallest absolute Gasteiger partial charge is 0.410 e. The number of pyridine rings is 1. The van der Waals surface area contributed by atoms with E-state index in [2.05, 4.69) is 35.4 Å². The van der Waals surface area contributed by atoms with Gasteiger partial charge >= 0.3 is 6.09 Å². The number of nitrogens with one attached hydrogen (secondary N) is 1.